The minimum Gasteiger partial charge on any atom is -0.293 e. The summed E-state index contributed by atoms with van der Waals surface area (Å²) in [6.45, 7) is 4.10. The second kappa shape index (κ2) is 6.70. The fourth-order valence-corrected chi connectivity index (χ4v) is 1.71. The summed E-state index contributed by atoms with van der Waals surface area (Å²) >= 11 is 5.92. The summed E-state index contributed by atoms with van der Waals surface area (Å²) in [5, 5.41) is -0.388. The maximum Gasteiger partial charge on any atom is 0.180 e. The van der Waals surface area contributed by atoms with Gasteiger partial charge in [-0.05, 0) is 24.8 Å². The molecule has 0 aliphatic heterocycles. The summed E-state index contributed by atoms with van der Waals surface area (Å²) in [6.07, 6.45) is 4.15. The molecular formula is C14H19ClO. The molecule has 0 radical (unpaired) electrons. The smallest absolute Gasteiger partial charge is 0.180 e. The average Bonchev–Trinajstić information content (AvgIpc) is 2.35. The fraction of sp³-hybridized carbons (Fsp3) is 0.500. The molecule has 88 valence electrons. The summed E-state index contributed by atoms with van der Waals surface area (Å²) in [5.74, 6) is 0.0335. The van der Waals surface area contributed by atoms with E-state index in [4.69, 9.17) is 11.6 Å². The van der Waals surface area contributed by atoms with Gasteiger partial charge >= 0.3 is 0 Å². The van der Waals surface area contributed by atoms with Crippen molar-refractivity contribution < 1.29 is 4.79 Å². The molecule has 0 aliphatic carbocycles. The van der Waals surface area contributed by atoms with Crippen LogP contribution in [0.25, 0.3) is 0 Å². The van der Waals surface area contributed by atoms with Crippen molar-refractivity contribution in [1.82, 2.24) is 0 Å². The molecule has 1 nitrogen and oxygen atoms in total. The molecule has 1 rings (SSSR count). The van der Waals surface area contributed by atoms with Crippen LogP contribution in [0.3, 0.4) is 0 Å². The van der Waals surface area contributed by atoms with Crippen LogP contribution in [-0.2, 0) is 6.42 Å². The SMILES string of the molecule is CCCCc1ccc(C(=O)C(Cl)CC)cc1. The van der Waals surface area contributed by atoms with Gasteiger partial charge in [-0.15, -0.1) is 11.6 Å². The van der Waals surface area contributed by atoms with Crippen molar-refractivity contribution in [3.8, 4) is 0 Å². The first-order valence-electron chi connectivity index (χ1n) is 5.96. The highest BCUT2D eigenvalue weighted by Crippen LogP contribution is 2.13. The maximum atomic E-state index is 11.8. The minimum atomic E-state index is -0.388. The van der Waals surface area contributed by atoms with E-state index >= 15 is 0 Å². The van der Waals surface area contributed by atoms with Gasteiger partial charge in [0, 0.05) is 5.56 Å². The Labute approximate surface area is 103 Å². The van der Waals surface area contributed by atoms with Crippen molar-refractivity contribution >= 4 is 17.4 Å². The van der Waals surface area contributed by atoms with E-state index in [2.05, 4.69) is 6.92 Å². The van der Waals surface area contributed by atoms with E-state index in [1.165, 1.54) is 18.4 Å². The number of ketones is 1. The average molecular weight is 239 g/mol. The summed E-state index contributed by atoms with van der Waals surface area (Å²) < 4.78 is 0. The molecule has 0 saturated carbocycles. The van der Waals surface area contributed by atoms with Crippen LogP contribution in [0.4, 0.5) is 0 Å². The van der Waals surface area contributed by atoms with E-state index in [1.54, 1.807) is 0 Å². The fourth-order valence-electron chi connectivity index (χ4n) is 1.58. The summed E-state index contributed by atoms with van der Waals surface area (Å²) in [6, 6.07) is 7.83. The highest BCUT2D eigenvalue weighted by Gasteiger charge is 2.14. The Balaban J connectivity index is 2.67. The third-order valence-electron chi connectivity index (χ3n) is 2.70. The first kappa shape index (κ1) is 13.2. The second-order valence-corrected chi connectivity index (χ2v) is 4.57. The van der Waals surface area contributed by atoms with Gasteiger partial charge in [-0.2, -0.15) is 0 Å². The number of aryl methyl sites for hydroxylation is 1. The second-order valence-electron chi connectivity index (χ2n) is 4.04. The van der Waals surface area contributed by atoms with Gasteiger partial charge in [-0.25, -0.2) is 0 Å². The van der Waals surface area contributed by atoms with Crippen LogP contribution in [0.2, 0.25) is 0 Å². The van der Waals surface area contributed by atoms with Crippen LogP contribution >= 0.6 is 11.6 Å². The molecule has 0 saturated heterocycles. The minimum absolute atomic E-state index is 0.0335. The van der Waals surface area contributed by atoms with Crippen LogP contribution in [0, 0.1) is 0 Å². The molecule has 0 spiro atoms. The van der Waals surface area contributed by atoms with Crippen LogP contribution < -0.4 is 0 Å². The van der Waals surface area contributed by atoms with E-state index in [9.17, 15) is 4.79 Å². The molecule has 0 heterocycles. The predicted molar refractivity (Wildman–Crippen MR) is 69.3 cm³/mol. The van der Waals surface area contributed by atoms with Gasteiger partial charge in [0.25, 0.3) is 0 Å². The number of rotatable bonds is 6. The van der Waals surface area contributed by atoms with E-state index in [0.29, 0.717) is 6.42 Å². The molecule has 0 aliphatic rings. The van der Waals surface area contributed by atoms with Gasteiger partial charge in [0.2, 0.25) is 0 Å². The standard InChI is InChI=1S/C14H19ClO/c1-3-5-6-11-7-9-12(10-8-11)14(16)13(15)4-2/h7-10,13H,3-6H2,1-2H3. The van der Waals surface area contributed by atoms with Gasteiger partial charge < -0.3 is 0 Å². The molecule has 1 aromatic rings. The van der Waals surface area contributed by atoms with E-state index in [1.807, 2.05) is 31.2 Å². The van der Waals surface area contributed by atoms with Crippen molar-refractivity contribution in [3.63, 3.8) is 0 Å². The van der Waals surface area contributed by atoms with Crippen molar-refractivity contribution in [1.29, 1.82) is 0 Å². The molecule has 2 heteroatoms. The molecular weight excluding hydrogens is 220 g/mol. The number of hydrogen-bond acceptors (Lipinski definition) is 1. The van der Waals surface area contributed by atoms with Crippen molar-refractivity contribution in [2.75, 3.05) is 0 Å². The lowest BCUT2D eigenvalue weighted by molar-refractivity contribution is 0.0985. The lowest BCUT2D eigenvalue weighted by Crippen LogP contribution is -2.13. The number of benzene rings is 1. The number of carbonyl (C=O) groups excluding carboxylic acids is 1. The van der Waals surface area contributed by atoms with E-state index in [-0.39, 0.29) is 11.2 Å². The molecule has 0 amide bonds. The van der Waals surface area contributed by atoms with Crippen LogP contribution in [0.5, 0.6) is 0 Å². The summed E-state index contributed by atoms with van der Waals surface area (Å²) in [5.41, 5.74) is 2.02. The van der Waals surface area contributed by atoms with E-state index in [0.717, 1.165) is 12.0 Å². The Morgan fingerprint density at radius 3 is 2.38 bits per heavy atom. The van der Waals surface area contributed by atoms with Gasteiger partial charge in [-0.3, -0.25) is 4.79 Å². The number of halogens is 1. The molecule has 1 atom stereocenters. The zero-order valence-corrected chi connectivity index (χ0v) is 10.8. The highest BCUT2D eigenvalue weighted by molar-refractivity contribution is 6.33. The van der Waals surface area contributed by atoms with Crippen LogP contribution in [0.15, 0.2) is 24.3 Å². The molecule has 16 heavy (non-hydrogen) atoms. The first-order chi connectivity index (χ1) is 7.69. The molecule has 0 aromatic heterocycles. The van der Waals surface area contributed by atoms with Crippen LogP contribution in [0.1, 0.15) is 49.0 Å². The van der Waals surface area contributed by atoms with Gasteiger partial charge in [0.1, 0.15) is 0 Å². The summed E-state index contributed by atoms with van der Waals surface area (Å²) in [7, 11) is 0. The zero-order valence-electron chi connectivity index (χ0n) is 10.0. The highest BCUT2D eigenvalue weighted by atomic mass is 35.5. The molecule has 0 bridgehead atoms. The quantitative estimate of drug-likeness (QED) is 0.536. The number of alkyl halides is 1. The first-order valence-corrected chi connectivity index (χ1v) is 6.39. The third kappa shape index (κ3) is 3.64. The molecule has 1 aromatic carbocycles. The maximum absolute atomic E-state index is 11.8. The van der Waals surface area contributed by atoms with Gasteiger partial charge in [0.15, 0.2) is 5.78 Å². The molecule has 0 N–H and O–H groups in total. The topological polar surface area (TPSA) is 17.1 Å². The largest absolute Gasteiger partial charge is 0.293 e. The Bertz CT molecular complexity index is 329. The summed E-state index contributed by atoms with van der Waals surface area (Å²) in [4.78, 5) is 11.8. The van der Waals surface area contributed by atoms with Crippen molar-refractivity contribution in [3.05, 3.63) is 35.4 Å². The Kier molecular flexibility index (Phi) is 5.54. The normalized spacial score (nSPS) is 12.4. The monoisotopic (exact) mass is 238 g/mol. The lowest BCUT2D eigenvalue weighted by atomic mass is 10.0. The van der Waals surface area contributed by atoms with Gasteiger partial charge in [0.05, 0.1) is 5.38 Å². The Morgan fingerprint density at radius 1 is 1.25 bits per heavy atom. The Hall–Kier alpha value is -0.820. The lowest BCUT2D eigenvalue weighted by Gasteiger charge is -2.06. The van der Waals surface area contributed by atoms with Gasteiger partial charge in [-0.1, -0.05) is 44.5 Å². The van der Waals surface area contributed by atoms with Crippen LogP contribution in [-0.4, -0.2) is 11.2 Å². The number of carbonyl (C=O) groups is 1. The zero-order chi connectivity index (χ0) is 12.0. The number of unbranched alkanes of at least 4 members (excludes halogenated alkanes) is 1. The van der Waals surface area contributed by atoms with Crippen molar-refractivity contribution in [2.45, 2.75) is 44.9 Å². The molecule has 0 fully saturated rings. The number of Topliss-reactive ketones (excluding diaryl/α,β-unsaturated/α-hetero) is 1. The molecule has 1 unspecified atom stereocenters. The predicted octanol–water partition coefficient (Wildman–Crippen LogP) is 4.23. The van der Waals surface area contributed by atoms with Crippen molar-refractivity contribution in [2.24, 2.45) is 0 Å². The number of hydrogen-bond donors (Lipinski definition) is 0. The van der Waals surface area contributed by atoms with E-state index < -0.39 is 0 Å². The third-order valence-corrected chi connectivity index (χ3v) is 3.21. The Morgan fingerprint density at radius 2 is 1.88 bits per heavy atom.